The number of nitrogens with two attached hydrogens (primary N) is 1. The topological polar surface area (TPSA) is 85.0 Å². The second-order valence-electron chi connectivity index (χ2n) is 12.5. The Balaban J connectivity index is 1.41. The summed E-state index contributed by atoms with van der Waals surface area (Å²) in [6, 6.07) is 8.62. The van der Waals surface area contributed by atoms with Crippen LogP contribution in [0.1, 0.15) is 73.9 Å². The van der Waals surface area contributed by atoms with Crippen LogP contribution in [0.2, 0.25) is 5.02 Å². The van der Waals surface area contributed by atoms with Crippen LogP contribution in [0.25, 0.3) is 0 Å². The van der Waals surface area contributed by atoms with E-state index in [4.69, 9.17) is 26.2 Å². The maximum absolute atomic E-state index is 15.2. The van der Waals surface area contributed by atoms with Gasteiger partial charge in [0.1, 0.15) is 11.6 Å². The van der Waals surface area contributed by atoms with Gasteiger partial charge in [0.05, 0.1) is 29.0 Å². The molecule has 1 heterocycles. The highest BCUT2D eigenvalue weighted by Crippen LogP contribution is 2.48. The van der Waals surface area contributed by atoms with Gasteiger partial charge in [0, 0.05) is 31.4 Å². The maximum Gasteiger partial charge on any atom is 0.335 e. The number of rotatable bonds is 12. The molecule has 2 aliphatic carbocycles. The number of anilines is 1. The van der Waals surface area contributed by atoms with Crippen molar-refractivity contribution in [2.24, 2.45) is 28.8 Å². The van der Waals surface area contributed by atoms with Gasteiger partial charge in [-0.15, -0.1) is 0 Å². The van der Waals surface area contributed by atoms with E-state index in [0.29, 0.717) is 59.8 Å². The first kappa shape index (κ1) is 32.1. The van der Waals surface area contributed by atoms with Crippen molar-refractivity contribution in [1.82, 2.24) is 0 Å². The lowest BCUT2D eigenvalue weighted by Crippen LogP contribution is -2.46. The molecule has 3 aliphatic rings. The van der Waals surface area contributed by atoms with Crippen LogP contribution in [0.3, 0.4) is 0 Å². The van der Waals surface area contributed by atoms with Crippen LogP contribution < -0.4 is 14.8 Å². The number of halogens is 2. The fourth-order valence-electron chi connectivity index (χ4n) is 7.12. The summed E-state index contributed by atoms with van der Waals surface area (Å²) in [6.45, 7) is 8.19. The van der Waals surface area contributed by atoms with E-state index in [1.165, 1.54) is 17.5 Å². The van der Waals surface area contributed by atoms with Crippen molar-refractivity contribution in [2.75, 3.05) is 31.7 Å². The van der Waals surface area contributed by atoms with E-state index in [1.54, 1.807) is 24.3 Å². The summed E-state index contributed by atoms with van der Waals surface area (Å²) in [5, 5.41) is 16.2. The van der Waals surface area contributed by atoms with Crippen molar-refractivity contribution in [3.05, 3.63) is 69.5 Å². The lowest BCUT2D eigenvalue weighted by molar-refractivity contribution is -0.000222. The van der Waals surface area contributed by atoms with Crippen LogP contribution in [-0.4, -0.2) is 49.2 Å². The molecule has 7 atom stereocenters. The number of allylic oxidation sites excluding steroid dienone is 1. The molecule has 2 aromatic rings. The molecule has 0 amide bonds. The summed E-state index contributed by atoms with van der Waals surface area (Å²) >= 11 is 7.62. The smallest absolute Gasteiger partial charge is 0.335 e. The van der Waals surface area contributed by atoms with Crippen molar-refractivity contribution in [3.63, 3.8) is 0 Å². The average Bonchev–Trinajstić information content (AvgIpc) is 3.14. The Hall–Kier alpha value is -2.26. The Morgan fingerprint density at radius 2 is 2.05 bits per heavy atom. The van der Waals surface area contributed by atoms with Crippen LogP contribution in [0.15, 0.2) is 42.0 Å². The predicted octanol–water partition coefficient (Wildman–Crippen LogP) is 7.73. The fourth-order valence-corrected chi connectivity index (χ4v) is 7.75. The molecule has 234 valence electrons. The first-order valence-electron chi connectivity index (χ1n) is 15.5. The minimum atomic E-state index is -0.974. The molecule has 5 rings (SSSR count). The van der Waals surface area contributed by atoms with E-state index in [1.807, 2.05) is 20.1 Å². The van der Waals surface area contributed by atoms with Crippen molar-refractivity contribution >= 4 is 35.2 Å². The monoisotopic (exact) mass is 630 g/mol. The van der Waals surface area contributed by atoms with Crippen molar-refractivity contribution < 1.29 is 23.8 Å². The van der Waals surface area contributed by atoms with E-state index < -0.39 is 5.97 Å². The van der Waals surface area contributed by atoms with Crippen molar-refractivity contribution in [3.8, 4) is 5.75 Å². The van der Waals surface area contributed by atoms with Gasteiger partial charge in [-0.3, -0.25) is 5.14 Å². The van der Waals surface area contributed by atoms with Gasteiger partial charge in [-0.1, -0.05) is 62.9 Å². The summed E-state index contributed by atoms with van der Waals surface area (Å²) in [7, 11) is 1.81. The van der Waals surface area contributed by atoms with Crippen molar-refractivity contribution in [1.29, 1.82) is 0 Å². The summed E-state index contributed by atoms with van der Waals surface area (Å²) in [4.78, 5) is 14.2. The Bertz CT molecular complexity index is 1360. The first-order chi connectivity index (χ1) is 20.7. The number of nitrogens with zero attached hydrogens (tertiary/aromatic N) is 1. The van der Waals surface area contributed by atoms with Crippen molar-refractivity contribution in [2.45, 2.75) is 70.1 Å². The van der Waals surface area contributed by atoms with E-state index >= 15 is 4.39 Å². The quantitative estimate of drug-likeness (QED) is 0.183. The van der Waals surface area contributed by atoms with E-state index in [0.717, 1.165) is 43.5 Å². The SMILES string of the molecule is CCCc1c(C2COc3ccc(C(=O)O)cc3N(CC3CCC3C(OC)C3=CC(C(C)C(C)SN)C3)C2)ccc(Cl)c1F. The second-order valence-corrected chi connectivity index (χ2v) is 14.0. The molecule has 0 radical (unpaired) electrons. The van der Waals surface area contributed by atoms with E-state index in [2.05, 4.69) is 24.8 Å². The van der Waals surface area contributed by atoms with Gasteiger partial charge in [-0.2, -0.15) is 0 Å². The Kier molecular flexibility index (Phi) is 10.3. The van der Waals surface area contributed by atoms with Gasteiger partial charge in [-0.05, 0) is 90.3 Å². The van der Waals surface area contributed by atoms with Gasteiger partial charge in [0.2, 0.25) is 0 Å². The number of carbonyl (C=O) groups is 1. The minimum Gasteiger partial charge on any atom is -0.491 e. The third-order valence-electron chi connectivity index (χ3n) is 10.1. The molecule has 3 N–H and O–H groups in total. The fraction of sp³-hybridized carbons (Fsp3) is 0.559. The van der Waals surface area contributed by atoms with Gasteiger partial charge in [-0.25, -0.2) is 9.18 Å². The Morgan fingerprint density at radius 3 is 2.67 bits per heavy atom. The van der Waals surface area contributed by atoms with Crippen LogP contribution in [0.5, 0.6) is 5.75 Å². The molecule has 0 spiro atoms. The highest BCUT2D eigenvalue weighted by molar-refractivity contribution is 7.97. The van der Waals surface area contributed by atoms with Crippen LogP contribution in [0.4, 0.5) is 10.1 Å². The molecule has 0 saturated heterocycles. The summed E-state index contributed by atoms with van der Waals surface area (Å²) < 4.78 is 27.7. The van der Waals surface area contributed by atoms with E-state index in [9.17, 15) is 9.90 Å². The van der Waals surface area contributed by atoms with Crippen LogP contribution >= 0.6 is 23.5 Å². The maximum atomic E-state index is 15.2. The van der Waals surface area contributed by atoms with Gasteiger partial charge < -0.3 is 19.5 Å². The molecular weight excluding hydrogens is 587 g/mol. The largest absolute Gasteiger partial charge is 0.491 e. The third-order valence-corrected chi connectivity index (χ3v) is 11.2. The first-order valence-corrected chi connectivity index (χ1v) is 16.8. The number of fused-ring (bicyclic) bond motifs is 1. The number of carboxylic acids is 1. The molecule has 1 fully saturated rings. The molecule has 1 saturated carbocycles. The van der Waals surface area contributed by atoms with Gasteiger partial charge in [0.25, 0.3) is 0 Å². The highest BCUT2D eigenvalue weighted by atomic mass is 35.5. The zero-order valence-electron chi connectivity index (χ0n) is 25.5. The normalized spacial score (nSPS) is 25.3. The molecule has 2 aromatic carbocycles. The molecule has 7 unspecified atom stereocenters. The number of hydrogen-bond acceptors (Lipinski definition) is 6. The molecule has 0 aromatic heterocycles. The zero-order chi connectivity index (χ0) is 30.8. The standard InChI is InChI=1S/C34H44ClFN2O4S/c1-5-6-28-26(10-11-29(35)32(28)36)25-17-38(30-15-21(34(39)40)8-12-31(30)42-18-25)16-22-7-9-27(22)33(41-4)24-13-23(14-24)19(2)20(3)43-37/h8,10-13,15,19-20,22-23,25,27,33H,5-7,9,14,16-18,37H2,1-4H3,(H,39,40). The number of methoxy groups -OCH3 is 1. The van der Waals surface area contributed by atoms with Gasteiger partial charge >= 0.3 is 5.97 Å². The number of benzene rings is 2. The Labute approximate surface area is 264 Å². The molecule has 0 bridgehead atoms. The predicted molar refractivity (Wildman–Crippen MR) is 173 cm³/mol. The van der Waals surface area contributed by atoms with Crippen LogP contribution in [0, 0.1) is 29.5 Å². The second kappa shape index (κ2) is 13.8. The van der Waals surface area contributed by atoms with E-state index in [-0.39, 0.29) is 28.4 Å². The number of hydrogen-bond donors (Lipinski definition) is 2. The third kappa shape index (κ3) is 6.58. The zero-order valence-corrected chi connectivity index (χ0v) is 27.1. The minimum absolute atomic E-state index is 0.0772. The molecular formula is C34H44ClFN2O4S. The van der Waals surface area contributed by atoms with Gasteiger partial charge in [0.15, 0.2) is 0 Å². The molecule has 1 aliphatic heterocycles. The number of ether oxygens (including phenoxy) is 2. The Morgan fingerprint density at radius 1 is 1.28 bits per heavy atom. The van der Waals surface area contributed by atoms with Crippen LogP contribution in [-0.2, 0) is 11.2 Å². The number of carboxylic acid groups (broad SMARTS) is 1. The molecule has 6 nitrogen and oxygen atoms in total. The summed E-state index contributed by atoms with van der Waals surface area (Å²) in [5.41, 5.74) is 3.93. The number of aromatic carboxylic acids is 1. The lowest BCUT2D eigenvalue weighted by Gasteiger charge is -2.47. The lowest BCUT2D eigenvalue weighted by atomic mass is 9.64. The molecule has 9 heteroatoms. The summed E-state index contributed by atoms with van der Waals surface area (Å²) in [5.74, 6) is 1.01. The molecule has 43 heavy (non-hydrogen) atoms. The average molecular weight is 631 g/mol. The highest BCUT2D eigenvalue weighted by Gasteiger charge is 2.43. The summed E-state index contributed by atoms with van der Waals surface area (Å²) in [6.07, 6.45) is 7.07.